The summed E-state index contributed by atoms with van der Waals surface area (Å²) in [6.45, 7) is 10.3. The summed E-state index contributed by atoms with van der Waals surface area (Å²) in [5.74, 6) is 0.911. The summed E-state index contributed by atoms with van der Waals surface area (Å²) in [4.78, 5) is 0. The number of hydrogen-bond donors (Lipinski definition) is 2. The maximum atomic E-state index is 10.4. The predicted octanol–water partition coefficient (Wildman–Crippen LogP) is 2.81. The minimum Gasteiger partial charge on any atom is -0.387 e. The highest BCUT2D eigenvalue weighted by molar-refractivity contribution is 5.42. The van der Waals surface area contributed by atoms with Crippen LogP contribution >= 0.6 is 0 Å². The van der Waals surface area contributed by atoms with Crippen LogP contribution in [-0.4, -0.2) is 21.9 Å². The molecule has 0 aromatic heterocycles. The third-order valence-corrected chi connectivity index (χ3v) is 4.50. The molecule has 17 heavy (non-hydrogen) atoms. The molecule has 0 aromatic rings. The second-order valence-electron chi connectivity index (χ2n) is 6.19. The fraction of sp³-hybridized carbons (Fsp3) is 0.733. The highest BCUT2D eigenvalue weighted by Crippen LogP contribution is 2.46. The standard InChI is InChI=1S/C15H24O2/c1-9(2)11-6-5-10(3)12-7-8-15(4,17)14(16)13(11)12/h9,11,14,16-17H,3,5-8H2,1-2,4H3/t11-,14-,15-/m1/s1. The molecule has 0 fully saturated rings. The number of rotatable bonds is 1. The van der Waals surface area contributed by atoms with Gasteiger partial charge in [-0.2, -0.15) is 0 Å². The van der Waals surface area contributed by atoms with Crippen molar-refractivity contribution in [3.63, 3.8) is 0 Å². The van der Waals surface area contributed by atoms with Crippen molar-refractivity contribution in [2.75, 3.05) is 0 Å². The molecule has 0 aromatic carbocycles. The van der Waals surface area contributed by atoms with E-state index in [1.165, 1.54) is 11.1 Å². The van der Waals surface area contributed by atoms with E-state index in [2.05, 4.69) is 20.4 Å². The molecule has 0 aliphatic heterocycles. The zero-order valence-corrected chi connectivity index (χ0v) is 11.2. The fourth-order valence-electron chi connectivity index (χ4n) is 3.30. The maximum absolute atomic E-state index is 10.4. The van der Waals surface area contributed by atoms with E-state index in [9.17, 15) is 10.2 Å². The van der Waals surface area contributed by atoms with E-state index < -0.39 is 11.7 Å². The van der Waals surface area contributed by atoms with Crippen molar-refractivity contribution in [2.24, 2.45) is 11.8 Å². The molecule has 0 spiro atoms. The first-order valence-electron chi connectivity index (χ1n) is 6.66. The third kappa shape index (κ3) is 2.09. The summed E-state index contributed by atoms with van der Waals surface area (Å²) in [6, 6.07) is 0. The first-order chi connectivity index (χ1) is 7.84. The fourth-order valence-corrected chi connectivity index (χ4v) is 3.30. The van der Waals surface area contributed by atoms with E-state index in [1.807, 2.05) is 0 Å². The molecule has 2 aliphatic rings. The van der Waals surface area contributed by atoms with Gasteiger partial charge in [0.1, 0.15) is 6.10 Å². The number of allylic oxidation sites excluding steroid dienone is 2. The van der Waals surface area contributed by atoms with Crippen molar-refractivity contribution in [3.8, 4) is 0 Å². The Morgan fingerprint density at radius 1 is 1.35 bits per heavy atom. The van der Waals surface area contributed by atoms with Crippen LogP contribution in [0.4, 0.5) is 0 Å². The van der Waals surface area contributed by atoms with Gasteiger partial charge < -0.3 is 10.2 Å². The Kier molecular flexibility index (Phi) is 3.21. The molecule has 2 aliphatic carbocycles. The monoisotopic (exact) mass is 236 g/mol. The van der Waals surface area contributed by atoms with Crippen molar-refractivity contribution in [3.05, 3.63) is 23.3 Å². The summed E-state index contributed by atoms with van der Waals surface area (Å²) in [6.07, 6.45) is 2.88. The quantitative estimate of drug-likeness (QED) is 0.735. The van der Waals surface area contributed by atoms with Gasteiger partial charge >= 0.3 is 0 Å². The molecular weight excluding hydrogens is 212 g/mol. The molecule has 0 unspecified atom stereocenters. The summed E-state index contributed by atoms with van der Waals surface area (Å²) < 4.78 is 0. The lowest BCUT2D eigenvalue weighted by atomic mass is 9.65. The second kappa shape index (κ2) is 4.25. The van der Waals surface area contributed by atoms with E-state index in [1.54, 1.807) is 6.92 Å². The zero-order valence-electron chi connectivity index (χ0n) is 11.2. The van der Waals surface area contributed by atoms with Crippen molar-refractivity contribution >= 4 is 0 Å². The van der Waals surface area contributed by atoms with E-state index in [-0.39, 0.29) is 0 Å². The highest BCUT2D eigenvalue weighted by Gasteiger charge is 2.43. The van der Waals surface area contributed by atoms with Gasteiger partial charge in [0.2, 0.25) is 0 Å². The smallest absolute Gasteiger partial charge is 0.104 e. The molecule has 0 amide bonds. The van der Waals surface area contributed by atoms with Gasteiger partial charge in [-0.05, 0) is 55.6 Å². The largest absolute Gasteiger partial charge is 0.387 e. The number of aliphatic hydroxyl groups excluding tert-OH is 1. The third-order valence-electron chi connectivity index (χ3n) is 4.50. The normalized spacial score (nSPS) is 38.6. The van der Waals surface area contributed by atoms with Gasteiger partial charge in [-0.1, -0.05) is 26.0 Å². The molecule has 2 N–H and O–H groups in total. The molecule has 3 atom stereocenters. The average Bonchev–Trinajstić information content (AvgIpc) is 2.24. The molecule has 2 rings (SSSR count). The van der Waals surface area contributed by atoms with Crippen LogP contribution in [0.5, 0.6) is 0 Å². The SMILES string of the molecule is C=C1CC[C@H](C(C)C)C2=C1CC[C@@](C)(O)[C@@H]2O. The predicted molar refractivity (Wildman–Crippen MR) is 69.6 cm³/mol. The van der Waals surface area contributed by atoms with Gasteiger partial charge in [0.05, 0.1) is 5.60 Å². The highest BCUT2D eigenvalue weighted by atomic mass is 16.3. The Hall–Kier alpha value is -0.600. The van der Waals surface area contributed by atoms with Crippen LogP contribution in [0.15, 0.2) is 23.3 Å². The number of aliphatic hydroxyl groups is 2. The molecule has 0 radical (unpaired) electrons. The molecule has 2 heteroatoms. The van der Waals surface area contributed by atoms with Crippen LogP contribution in [0.25, 0.3) is 0 Å². The van der Waals surface area contributed by atoms with Gasteiger partial charge in [-0.15, -0.1) is 0 Å². The summed E-state index contributed by atoms with van der Waals surface area (Å²) in [5.41, 5.74) is 2.52. The van der Waals surface area contributed by atoms with Crippen molar-refractivity contribution in [1.82, 2.24) is 0 Å². The van der Waals surface area contributed by atoms with Crippen LogP contribution in [0.3, 0.4) is 0 Å². The van der Waals surface area contributed by atoms with Crippen molar-refractivity contribution < 1.29 is 10.2 Å². The van der Waals surface area contributed by atoms with Gasteiger partial charge in [0.25, 0.3) is 0 Å². The van der Waals surface area contributed by atoms with Gasteiger partial charge in [-0.3, -0.25) is 0 Å². The average molecular weight is 236 g/mol. The topological polar surface area (TPSA) is 40.5 Å². The maximum Gasteiger partial charge on any atom is 0.104 e. The lowest BCUT2D eigenvalue weighted by Crippen LogP contribution is -2.47. The Labute approximate surface area is 104 Å². The molecule has 96 valence electrons. The minimum atomic E-state index is -0.969. The summed E-state index contributed by atoms with van der Waals surface area (Å²) in [7, 11) is 0. The lowest BCUT2D eigenvalue weighted by Gasteiger charge is -2.44. The zero-order chi connectivity index (χ0) is 12.8. The Morgan fingerprint density at radius 2 is 2.00 bits per heavy atom. The van der Waals surface area contributed by atoms with Gasteiger partial charge in [0.15, 0.2) is 0 Å². The van der Waals surface area contributed by atoms with Crippen LogP contribution < -0.4 is 0 Å². The summed E-state index contributed by atoms with van der Waals surface area (Å²) >= 11 is 0. The minimum absolute atomic E-state index is 0.400. The van der Waals surface area contributed by atoms with Gasteiger partial charge in [0, 0.05) is 0 Å². The second-order valence-corrected chi connectivity index (χ2v) is 6.19. The van der Waals surface area contributed by atoms with E-state index in [0.29, 0.717) is 18.3 Å². The van der Waals surface area contributed by atoms with Crippen molar-refractivity contribution in [2.45, 2.75) is 58.2 Å². The molecule has 0 bridgehead atoms. The van der Waals surface area contributed by atoms with Crippen LogP contribution in [0.1, 0.15) is 46.5 Å². The first kappa shape index (κ1) is 12.8. The summed E-state index contributed by atoms with van der Waals surface area (Å²) in [5, 5.41) is 20.7. The van der Waals surface area contributed by atoms with E-state index in [4.69, 9.17) is 0 Å². The Morgan fingerprint density at radius 3 is 2.59 bits per heavy atom. The Balaban J connectivity index is 2.45. The van der Waals surface area contributed by atoms with Gasteiger partial charge in [-0.25, -0.2) is 0 Å². The Bertz CT molecular complexity index is 359. The van der Waals surface area contributed by atoms with Crippen LogP contribution in [-0.2, 0) is 0 Å². The first-order valence-corrected chi connectivity index (χ1v) is 6.66. The van der Waals surface area contributed by atoms with Crippen LogP contribution in [0.2, 0.25) is 0 Å². The van der Waals surface area contributed by atoms with Crippen LogP contribution in [0, 0.1) is 11.8 Å². The molecule has 2 nitrogen and oxygen atoms in total. The molecule has 0 heterocycles. The van der Waals surface area contributed by atoms with E-state index in [0.717, 1.165) is 24.8 Å². The van der Waals surface area contributed by atoms with Crippen molar-refractivity contribution in [1.29, 1.82) is 0 Å². The molecule has 0 saturated carbocycles. The molecular formula is C15H24O2. The lowest BCUT2D eigenvalue weighted by molar-refractivity contribution is -0.0612. The number of hydrogen-bond acceptors (Lipinski definition) is 2. The van der Waals surface area contributed by atoms with E-state index >= 15 is 0 Å². The molecule has 0 saturated heterocycles.